The molecule has 0 saturated heterocycles. The minimum Gasteiger partial charge on any atom is -0.465 e. The summed E-state index contributed by atoms with van der Waals surface area (Å²) in [6.45, 7) is 5.86. The van der Waals surface area contributed by atoms with Crippen LogP contribution < -0.4 is 4.72 Å². The van der Waals surface area contributed by atoms with E-state index in [0.717, 1.165) is 33.4 Å². The number of hydrogen-bond acceptors (Lipinski definition) is 6. The van der Waals surface area contributed by atoms with Gasteiger partial charge >= 0.3 is 5.97 Å². The van der Waals surface area contributed by atoms with Gasteiger partial charge in [0.25, 0.3) is 5.69 Å². The van der Waals surface area contributed by atoms with Gasteiger partial charge in [-0.1, -0.05) is 65.7 Å². The number of nitrogens with one attached hydrogen (secondary N) is 1. The van der Waals surface area contributed by atoms with Crippen LogP contribution >= 0.6 is 0 Å². The van der Waals surface area contributed by atoms with Gasteiger partial charge in [-0.25, -0.2) is 17.9 Å². The Balaban J connectivity index is 1.76. The number of aryl methyl sites for hydroxylation is 3. The molecule has 4 aromatic carbocycles. The second kappa shape index (κ2) is 11.8. The van der Waals surface area contributed by atoms with Crippen molar-refractivity contribution in [2.75, 3.05) is 7.11 Å². The Labute approximate surface area is 233 Å². The summed E-state index contributed by atoms with van der Waals surface area (Å²) in [6, 6.07) is 23.1. The molecule has 1 N–H and O–H groups in total. The Morgan fingerprint density at radius 2 is 1.57 bits per heavy atom. The van der Waals surface area contributed by atoms with E-state index in [0.29, 0.717) is 17.5 Å². The van der Waals surface area contributed by atoms with E-state index in [4.69, 9.17) is 4.74 Å². The normalized spacial score (nSPS) is 12.1. The van der Waals surface area contributed by atoms with Crippen molar-refractivity contribution in [1.29, 1.82) is 0 Å². The third-order valence-corrected chi connectivity index (χ3v) is 8.21. The minimum atomic E-state index is -4.03. The number of methoxy groups -OCH3 is 1. The summed E-state index contributed by atoms with van der Waals surface area (Å²) >= 11 is 0. The van der Waals surface area contributed by atoms with E-state index >= 15 is 0 Å². The Hall–Kier alpha value is -4.34. The number of nitro benzene ring substituents is 1. The van der Waals surface area contributed by atoms with E-state index in [2.05, 4.69) is 4.72 Å². The van der Waals surface area contributed by atoms with Crippen molar-refractivity contribution in [2.24, 2.45) is 0 Å². The van der Waals surface area contributed by atoms with E-state index < -0.39 is 27.0 Å². The summed E-state index contributed by atoms with van der Waals surface area (Å²) in [7, 11) is -2.69. The van der Waals surface area contributed by atoms with E-state index in [9.17, 15) is 23.3 Å². The summed E-state index contributed by atoms with van der Waals surface area (Å²) < 4.78 is 34.7. The highest BCUT2D eigenvalue weighted by Crippen LogP contribution is 2.30. The van der Waals surface area contributed by atoms with E-state index in [1.165, 1.54) is 31.4 Å². The lowest BCUT2D eigenvalue weighted by atomic mass is 9.91. The van der Waals surface area contributed by atoms with Crippen molar-refractivity contribution in [2.45, 2.75) is 38.1 Å². The third kappa shape index (κ3) is 6.44. The quantitative estimate of drug-likeness (QED) is 0.148. The zero-order valence-electron chi connectivity index (χ0n) is 22.7. The molecule has 0 amide bonds. The number of nitrogens with zero attached hydrogens (tertiary/aromatic N) is 1. The molecular formula is C31H30N2O6S. The second-order valence-electron chi connectivity index (χ2n) is 9.73. The maximum absolute atomic E-state index is 13.5. The first kappa shape index (κ1) is 28.7. The van der Waals surface area contributed by atoms with Crippen LogP contribution in [0, 0.1) is 30.9 Å². The molecule has 4 rings (SSSR count). The SMILES string of the molecule is COC(=O)c1ccccc1-c1ccc(C)c(C[C@H](NS(=O)(=O)c2ccc([N+](=O)[O-])cc2)c2cc(C)cc(C)c2)c1. The second-order valence-corrected chi connectivity index (χ2v) is 11.4. The van der Waals surface area contributed by atoms with Gasteiger partial charge in [-0.05, 0) is 73.2 Å². The molecule has 0 saturated carbocycles. The average molecular weight is 559 g/mol. The van der Waals surface area contributed by atoms with Crippen LogP contribution in [0.4, 0.5) is 5.69 Å². The van der Waals surface area contributed by atoms with E-state index in [1.54, 1.807) is 12.1 Å². The van der Waals surface area contributed by atoms with Gasteiger partial charge in [-0.15, -0.1) is 0 Å². The Morgan fingerprint density at radius 1 is 0.925 bits per heavy atom. The molecule has 0 aromatic heterocycles. The molecule has 0 aliphatic carbocycles. The fraction of sp³-hybridized carbons (Fsp3) is 0.194. The molecule has 0 radical (unpaired) electrons. The van der Waals surface area contributed by atoms with Crippen molar-refractivity contribution in [3.05, 3.63) is 128 Å². The van der Waals surface area contributed by atoms with Crippen LogP contribution in [0.2, 0.25) is 0 Å². The number of sulfonamides is 1. The number of carbonyl (C=O) groups excluding carboxylic acids is 1. The molecule has 4 aromatic rings. The van der Waals surface area contributed by atoms with E-state index in [1.807, 2.05) is 69.3 Å². The molecule has 1 atom stereocenters. The van der Waals surface area contributed by atoms with Gasteiger partial charge in [0.2, 0.25) is 10.0 Å². The van der Waals surface area contributed by atoms with Crippen molar-refractivity contribution in [3.63, 3.8) is 0 Å². The van der Waals surface area contributed by atoms with Crippen LogP contribution in [-0.2, 0) is 21.2 Å². The lowest BCUT2D eigenvalue weighted by Crippen LogP contribution is -2.30. The van der Waals surface area contributed by atoms with Crippen molar-refractivity contribution >= 4 is 21.7 Å². The number of hydrogen-bond donors (Lipinski definition) is 1. The van der Waals surface area contributed by atoms with Gasteiger partial charge in [0.05, 0.1) is 28.5 Å². The molecule has 0 bridgehead atoms. The highest BCUT2D eigenvalue weighted by molar-refractivity contribution is 7.89. The Morgan fingerprint density at radius 3 is 2.20 bits per heavy atom. The largest absolute Gasteiger partial charge is 0.465 e. The number of esters is 1. The molecule has 0 aliphatic heterocycles. The predicted octanol–water partition coefficient (Wildman–Crippen LogP) is 6.24. The molecule has 40 heavy (non-hydrogen) atoms. The van der Waals surface area contributed by atoms with E-state index in [-0.39, 0.29) is 10.6 Å². The number of ether oxygens (including phenoxy) is 1. The number of nitro groups is 1. The van der Waals surface area contributed by atoms with Crippen molar-refractivity contribution in [1.82, 2.24) is 4.72 Å². The first-order valence-corrected chi connectivity index (χ1v) is 14.1. The van der Waals surface area contributed by atoms with Gasteiger partial charge in [0.15, 0.2) is 0 Å². The average Bonchev–Trinajstić information content (AvgIpc) is 2.92. The van der Waals surface area contributed by atoms with Gasteiger partial charge < -0.3 is 4.74 Å². The molecular weight excluding hydrogens is 528 g/mol. The first-order valence-electron chi connectivity index (χ1n) is 12.6. The summed E-state index contributed by atoms with van der Waals surface area (Å²) in [5, 5.41) is 11.0. The van der Waals surface area contributed by atoms with Gasteiger partial charge in [0, 0.05) is 12.1 Å². The zero-order chi connectivity index (χ0) is 29.0. The van der Waals surface area contributed by atoms with Crippen LogP contribution in [0.1, 0.15) is 44.2 Å². The molecule has 0 fully saturated rings. The molecule has 9 heteroatoms. The fourth-order valence-corrected chi connectivity index (χ4v) is 5.97. The third-order valence-electron chi connectivity index (χ3n) is 6.72. The lowest BCUT2D eigenvalue weighted by Gasteiger charge is -2.22. The maximum atomic E-state index is 13.5. The van der Waals surface area contributed by atoms with Crippen LogP contribution in [0.5, 0.6) is 0 Å². The van der Waals surface area contributed by atoms with Gasteiger partial charge in [-0.3, -0.25) is 10.1 Å². The summed E-state index contributed by atoms with van der Waals surface area (Å²) in [5.41, 5.74) is 6.40. The molecule has 0 unspecified atom stereocenters. The van der Waals surface area contributed by atoms with Gasteiger partial charge in [0.1, 0.15) is 0 Å². The summed E-state index contributed by atoms with van der Waals surface area (Å²) in [4.78, 5) is 22.8. The first-order chi connectivity index (χ1) is 19.0. The predicted molar refractivity (Wildman–Crippen MR) is 154 cm³/mol. The zero-order valence-corrected chi connectivity index (χ0v) is 23.5. The fourth-order valence-electron chi connectivity index (χ4n) is 4.74. The standard InChI is InChI=1S/C31H30N2O6S/c1-20-15-21(2)17-25(16-20)30(32-40(37,38)27-13-11-26(12-14-27)33(35)36)19-24-18-23(10-9-22(24)3)28-7-5-6-8-29(28)31(34)39-4/h5-18,30,32H,19H2,1-4H3/t30-/m0/s1. The number of benzene rings is 4. The summed E-state index contributed by atoms with van der Waals surface area (Å²) in [6.07, 6.45) is 0.329. The monoisotopic (exact) mass is 558 g/mol. The number of rotatable bonds is 9. The van der Waals surface area contributed by atoms with Crippen LogP contribution in [0.15, 0.2) is 89.8 Å². The molecule has 0 heterocycles. The maximum Gasteiger partial charge on any atom is 0.338 e. The Bertz CT molecular complexity index is 1660. The molecule has 0 aliphatic rings. The van der Waals surface area contributed by atoms with Crippen LogP contribution in [-0.4, -0.2) is 26.4 Å². The van der Waals surface area contributed by atoms with Gasteiger partial charge in [-0.2, -0.15) is 0 Å². The van der Waals surface area contributed by atoms with Crippen LogP contribution in [0.25, 0.3) is 11.1 Å². The lowest BCUT2D eigenvalue weighted by molar-refractivity contribution is -0.384. The highest BCUT2D eigenvalue weighted by Gasteiger charge is 2.24. The number of non-ortho nitro benzene ring substituents is 1. The minimum absolute atomic E-state index is 0.0649. The number of carbonyl (C=O) groups is 1. The topological polar surface area (TPSA) is 116 Å². The smallest absolute Gasteiger partial charge is 0.338 e. The molecule has 206 valence electrons. The molecule has 0 spiro atoms. The highest BCUT2D eigenvalue weighted by atomic mass is 32.2. The molecule has 8 nitrogen and oxygen atoms in total. The Kier molecular flexibility index (Phi) is 8.46. The van der Waals surface area contributed by atoms with Crippen molar-refractivity contribution in [3.8, 4) is 11.1 Å². The van der Waals surface area contributed by atoms with Crippen molar-refractivity contribution < 1.29 is 22.9 Å². The summed E-state index contributed by atoms with van der Waals surface area (Å²) in [5.74, 6) is -0.443. The van der Waals surface area contributed by atoms with Crippen LogP contribution in [0.3, 0.4) is 0 Å².